The molecule has 0 amide bonds. The molecule has 1 aliphatic rings. The maximum Gasteiger partial charge on any atom is 0.142 e. The molecule has 0 aromatic carbocycles. The zero-order chi connectivity index (χ0) is 12.4. The summed E-state index contributed by atoms with van der Waals surface area (Å²) >= 11 is 9.34. The highest BCUT2D eigenvalue weighted by Gasteiger charge is 2.24. The summed E-state index contributed by atoms with van der Waals surface area (Å²) < 4.78 is 0.909. The summed E-state index contributed by atoms with van der Waals surface area (Å²) in [7, 11) is 0. The average molecular weight is 318 g/mol. The summed E-state index contributed by atoms with van der Waals surface area (Å²) in [5, 5.41) is 0.624. The van der Waals surface area contributed by atoms with Gasteiger partial charge in [0.25, 0.3) is 0 Å². The Morgan fingerprint density at radius 3 is 2.71 bits per heavy atom. The molecule has 0 atom stereocenters. The first-order valence-electron chi connectivity index (χ1n) is 5.64. The number of piperidine rings is 1. The van der Waals surface area contributed by atoms with Crippen molar-refractivity contribution in [1.82, 2.24) is 4.98 Å². The highest BCUT2D eigenvalue weighted by Crippen LogP contribution is 2.29. The van der Waals surface area contributed by atoms with Crippen LogP contribution in [0.3, 0.4) is 0 Å². The summed E-state index contributed by atoms with van der Waals surface area (Å²) in [5.74, 6) is 1.43. The molecule has 0 bridgehead atoms. The van der Waals surface area contributed by atoms with Crippen molar-refractivity contribution in [3.63, 3.8) is 0 Å². The largest absolute Gasteiger partial charge is 0.356 e. The van der Waals surface area contributed by atoms with Crippen LogP contribution in [0.2, 0.25) is 5.02 Å². The van der Waals surface area contributed by atoms with Crippen LogP contribution in [-0.4, -0.2) is 23.9 Å². The van der Waals surface area contributed by atoms with Crippen LogP contribution in [-0.2, 0) is 4.79 Å². The fourth-order valence-electron chi connectivity index (χ4n) is 2.14. The normalized spacial score (nSPS) is 17.2. The van der Waals surface area contributed by atoms with Gasteiger partial charge in [0.15, 0.2) is 0 Å². The maximum absolute atomic E-state index is 11.3. The quantitative estimate of drug-likeness (QED) is 0.839. The summed E-state index contributed by atoms with van der Waals surface area (Å²) in [6, 6.07) is 1.85. The van der Waals surface area contributed by atoms with Gasteiger partial charge in [0, 0.05) is 25.2 Å². The molecular weight excluding hydrogens is 304 g/mol. The van der Waals surface area contributed by atoms with E-state index >= 15 is 0 Å². The van der Waals surface area contributed by atoms with Crippen LogP contribution in [0.15, 0.2) is 16.7 Å². The number of hydrogen-bond donors (Lipinski definition) is 0. The third-order valence-corrected chi connectivity index (χ3v) is 3.95. The number of rotatable bonds is 2. The van der Waals surface area contributed by atoms with Crippen molar-refractivity contribution in [2.75, 3.05) is 18.0 Å². The second kappa shape index (κ2) is 5.36. The molecular formula is C12H14BrClN2O. The van der Waals surface area contributed by atoms with E-state index in [2.05, 4.69) is 25.8 Å². The summed E-state index contributed by atoms with van der Waals surface area (Å²) in [5.41, 5.74) is 0. The zero-order valence-corrected chi connectivity index (χ0v) is 12.0. The lowest BCUT2D eigenvalue weighted by Gasteiger charge is -2.32. The molecule has 1 aliphatic heterocycles. The highest BCUT2D eigenvalue weighted by molar-refractivity contribution is 9.10. The lowest BCUT2D eigenvalue weighted by Crippen LogP contribution is -2.36. The Balaban J connectivity index is 2.08. The van der Waals surface area contributed by atoms with E-state index in [1.807, 2.05) is 6.07 Å². The zero-order valence-electron chi connectivity index (χ0n) is 9.62. The van der Waals surface area contributed by atoms with Gasteiger partial charge in [-0.15, -0.1) is 0 Å². The molecule has 3 nitrogen and oxygen atoms in total. The van der Waals surface area contributed by atoms with Crippen LogP contribution in [0.5, 0.6) is 0 Å². The Kier molecular flexibility index (Phi) is 4.05. The number of halogens is 2. The Morgan fingerprint density at radius 1 is 1.53 bits per heavy atom. The molecule has 0 N–H and O–H groups in total. The number of ketones is 1. The molecule has 1 fully saturated rings. The predicted octanol–water partition coefficient (Wildman–Crippen LogP) is 3.30. The van der Waals surface area contributed by atoms with Crippen molar-refractivity contribution >= 4 is 39.1 Å². The number of pyridine rings is 1. The molecule has 1 aromatic rings. The molecule has 17 heavy (non-hydrogen) atoms. The number of hydrogen-bond acceptors (Lipinski definition) is 3. The predicted molar refractivity (Wildman–Crippen MR) is 72.6 cm³/mol. The summed E-state index contributed by atoms with van der Waals surface area (Å²) in [4.78, 5) is 17.8. The highest BCUT2D eigenvalue weighted by atomic mass is 79.9. The minimum Gasteiger partial charge on any atom is -0.356 e. The van der Waals surface area contributed by atoms with E-state index in [-0.39, 0.29) is 5.92 Å². The second-order valence-corrected chi connectivity index (χ2v) is 5.62. The number of nitrogens with zero attached hydrogens (tertiary/aromatic N) is 2. The van der Waals surface area contributed by atoms with E-state index in [0.29, 0.717) is 10.8 Å². The van der Waals surface area contributed by atoms with Crippen LogP contribution in [0.4, 0.5) is 5.82 Å². The van der Waals surface area contributed by atoms with Crippen molar-refractivity contribution in [2.24, 2.45) is 5.92 Å². The standard InChI is InChI=1S/C12H14BrClN2O/c1-8(17)9-2-4-16(5-3-9)12-11(13)6-10(14)7-15-12/h6-7,9H,2-5H2,1H3. The fourth-order valence-corrected chi connectivity index (χ4v) is 3.03. The first kappa shape index (κ1) is 12.8. The Bertz CT molecular complexity index is 431. The molecule has 1 saturated heterocycles. The van der Waals surface area contributed by atoms with E-state index in [1.54, 1.807) is 13.1 Å². The van der Waals surface area contributed by atoms with Gasteiger partial charge in [-0.3, -0.25) is 4.79 Å². The van der Waals surface area contributed by atoms with Crippen LogP contribution >= 0.6 is 27.5 Å². The van der Waals surface area contributed by atoms with E-state index in [0.717, 1.165) is 36.2 Å². The molecule has 0 spiro atoms. The van der Waals surface area contributed by atoms with Crippen molar-refractivity contribution in [3.05, 3.63) is 21.8 Å². The van der Waals surface area contributed by atoms with Gasteiger partial charge in [0.2, 0.25) is 0 Å². The van der Waals surface area contributed by atoms with Gasteiger partial charge in [0.1, 0.15) is 11.6 Å². The lowest BCUT2D eigenvalue weighted by atomic mass is 9.93. The van der Waals surface area contributed by atoms with E-state index in [9.17, 15) is 4.79 Å². The minimum absolute atomic E-state index is 0.220. The molecule has 0 radical (unpaired) electrons. The maximum atomic E-state index is 11.3. The van der Waals surface area contributed by atoms with Crippen LogP contribution < -0.4 is 4.90 Å². The molecule has 2 heterocycles. The van der Waals surface area contributed by atoms with Crippen molar-refractivity contribution < 1.29 is 4.79 Å². The van der Waals surface area contributed by atoms with E-state index in [1.165, 1.54) is 0 Å². The van der Waals surface area contributed by atoms with Crippen molar-refractivity contribution in [2.45, 2.75) is 19.8 Å². The molecule has 0 unspecified atom stereocenters. The third kappa shape index (κ3) is 2.99. The van der Waals surface area contributed by atoms with Crippen molar-refractivity contribution in [3.8, 4) is 0 Å². The molecule has 2 rings (SSSR count). The number of Topliss-reactive ketones (excluding diaryl/α,β-unsaturated/α-hetero) is 1. The van der Waals surface area contributed by atoms with E-state index in [4.69, 9.17) is 11.6 Å². The lowest BCUT2D eigenvalue weighted by molar-refractivity contribution is -0.121. The van der Waals surface area contributed by atoms with Crippen molar-refractivity contribution in [1.29, 1.82) is 0 Å². The smallest absolute Gasteiger partial charge is 0.142 e. The minimum atomic E-state index is 0.220. The third-order valence-electron chi connectivity index (χ3n) is 3.16. The van der Waals surface area contributed by atoms with E-state index < -0.39 is 0 Å². The first-order valence-corrected chi connectivity index (χ1v) is 6.81. The molecule has 0 saturated carbocycles. The van der Waals surface area contributed by atoms with Crippen LogP contribution in [0, 0.1) is 5.92 Å². The van der Waals surface area contributed by atoms with Gasteiger partial charge < -0.3 is 4.90 Å². The number of aromatic nitrogens is 1. The van der Waals surface area contributed by atoms with Gasteiger partial charge in [-0.2, -0.15) is 0 Å². The van der Waals surface area contributed by atoms with Gasteiger partial charge in [-0.1, -0.05) is 11.6 Å². The summed E-state index contributed by atoms with van der Waals surface area (Å²) in [6.07, 6.45) is 3.47. The Hall–Kier alpha value is -0.610. The van der Waals surface area contributed by atoms with Gasteiger partial charge >= 0.3 is 0 Å². The Labute approximate surface area is 114 Å². The van der Waals surface area contributed by atoms with Gasteiger partial charge in [-0.05, 0) is 41.8 Å². The SMILES string of the molecule is CC(=O)C1CCN(c2ncc(Cl)cc2Br)CC1. The fraction of sp³-hybridized carbons (Fsp3) is 0.500. The second-order valence-electron chi connectivity index (χ2n) is 4.33. The monoisotopic (exact) mass is 316 g/mol. The molecule has 5 heteroatoms. The van der Waals surface area contributed by atoms with Crippen LogP contribution in [0.25, 0.3) is 0 Å². The molecule has 92 valence electrons. The number of anilines is 1. The van der Waals surface area contributed by atoms with Gasteiger partial charge in [0.05, 0.1) is 9.50 Å². The topological polar surface area (TPSA) is 33.2 Å². The van der Waals surface area contributed by atoms with Gasteiger partial charge in [-0.25, -0.2) is 4.98 Å². The number of carbonyl (C=O) groups excluding carboxylic acids is 1. The number of carbonyl (C=O) groups is 1. The summed E-state index contributed by atoms with van der Waals surface area (Å²) in [6.45, 7) is 3.42. The molecule has 0 aliphatic carbocycles. The molecule has 1 aromatic heterocycles. The first-order chi connectivity index (χ1) is 8.08. The average Bonchev–Trinajstić information content (AvgIpc) is 2.29. The Morgan fingerprint density at radius 2 is 2.18 bits per heavy atom. The van der Waals surface area contributed by atoms with Crippen LogP contribution in [0.1, 0.15) is 19.8 Å².